The van der Waals surface area contributed by atoms with Gasteiger partial charge in [0.2, 0.25) is 5.95 Å². The first kappa shape index (κ1) is 56.4. The van der Waals surface area contributed by atoms with Gasteiger partial charge in [-0.05, 0) is 105 Å². The molecule has 7 rings (SSSR count). The van der Waals surface area contributed by atoms with Gasteiger partial charge in [-0.15, -0.1) is 0 Å². The van der Waals surface area contributed by atoms with Gasteiger partial charge in [-0.3, -0.25) is 24.5 Å². The number of amides is 1. The van der Waals surface area contributed by atoms with Crippen LogP contribution in [0.1, 0.15) is 92.2 Å². The number of H-pyrrole nitrogens is 1. The Morgan fingerprint density at radius 3 is 1.81 bits per heavy atom. The van der Waals surface area contributed by atoms with E-state index in [1.54, 1.807) is 37.2 Å². The monoisotopic (exact) mass is 1050 g/mol. The average molecular weight is 1050 g/mol. The molecular weight excluding hydrogens is 972 g/mol. The number of nitrogens with one attached hydrogen (secondary N) is 2. The van der Waals surface area contributed by atoms with E-state index in [0.717, 1.165) is 34.8 Å². The number of carbonyl (C=O) groups excluding carboxylic acids is 1. The number of rotatable bonds is 26. The van der Waals surface area contributed by atoms with Gasteiger partial charge in [-0.1, -0.05) is 133 Å². The van der Waals surface area contributed by atoms with Crippen LogP contribution in [0.15, 0.2) is 126 Å². The normalized spacial score (nSPS) is 17.9. The maximum Gasteiger partial charge on any atom is 0.280 e. The molecule has 2 aromatic heterocycles. The summed E-state index contributed by atoms with van der Waals surface area (Å²) in [4.78, 5) is 39.5. The molecular formula is C57H77N6O9PSi. The van der Waals surface area contributed by atoms with Gasteiger partial charge in [0.05, 0.1) is 20.0 Å². The number of aromatic amines is 1. The van der Waals surface area contributed by atoms with Gasteiger partial charge in [-0.2, -0.15) is 4.98 Å². The van der Waals surface area contributed by atoms with E-state index in [-0.39, 0.29) is 42.4 Å². The molecule has 6 aromatic rings. The van der Waals surface area contributed by atoms with Gasteiger partial charge >= 0.3 is 0 Å². The van der Waals surface area contributed by atoms with E-state index in [4.69, 9.17) is 37.4 Å². The number of fused-ring (bicyclic) bond motifs is 1. The first-order chi connectivity index (χ1) is 35.5. The number of hydrogen-bond donors (Lipinski definition) is 2. The molecule has 1 aliphatic rings. The van der Waals surface area contributed by atoms with Crippen molar-refractivity contribution in [3.8, 4) is 11.5 Å². The number of methoxy groups -OCH3 is 1. The van der Waals surface area contributed by atoms with Crippen LogP contribution in [0.5, 0.6) is 11.5 Å². The Morgan fingerprint density at radius 2 is 1.30 bits per heavy atom. The lowest BCUT2D eigenvalue weighted by atomic mass is 9.80. The summed E-state index contributed by atoms with van der Waals surface area (Å²) < 4.78 is 52.4. The molecule has 0 radical (unpaired) electrons. The molecule has 3 heterocycles. The Bertz CT molecular complexity index is 2670. The van der Waals surface area contributed by atoms with Crippen molar-refractivity contribution in [1.82, 2.24) is 24.2 Å². The zero-order valence-corrected chi connectivity index (χ0v) is 47.1. The summed E-state index contributed by atoms with van der Waals surface area (Å²) in [7, 11) is -1.11. The molecule has 0 aliphatic carbocycles. The lowest BCUT2D eigenvalue weighted by Gasteiger charge is -2.42. The van der Waals surface area contributed by atoms with Crippen LogP contribution in [-0.2, 0) is 33.3 Å². The number of carbonyl (C=O) groups is 1. The second-order valence-electron chi connectivity index (χ2n) is 21.0. The van der Waals surface area contributed by atoms with Crippen molar-refractivity contribution in [2.45, 2.75) is 130 Å². The fourth-order valence-electron chi connectivity index (χ4n) is 10.6. The Labute approximate surface area is 439 Å². The highest BCUT2D eigenvalue weighted by Crippen LogP contribution is 2.52. The number of benzene rings is 4. The van der Waals surface area contributed by atoms with Gasteiger partial charge in [-0.25, -0.2) is 9.65 Å². The molecule has 1 unspecified atom stereocenters. The Kier molecular flexibility index (Phi) is 19.4. The number of imidazole rings is 1. The van der Waals surface area contributed by atoms with E-state index in [2.05, 4.69) is 113 Å². The molecule has 0 bridgehead atoms. The van der Waals surface area contributed by atoms with E-state index in [0.29, 0.717) is 29.3 Å². The first-order valence-electron chi connectivity index (χ1n) is 25.9. The predicted octanol–water partition coefficient (Wildman–Crippen LogP) is 11.7. The largest absolute Gasteiger partial charge is 0.497 e. The number of nitrogens with zero attached hydrogens (tertiary/aromatic N) is 4. The average Bonchev–Trinajstić information content (AvgIpc) is 3.94. The smallest absolute Gasteiger partial charge is 0.280 e. The van der Waals surface area contributed by atoms with Crippen molar-refractivity contribution in [3.05, 3.63) is 149 Å². The summed E-state index contributed by atoms with van der Waals surface area (Å²) >= 11 is 0. The summed E-state index contributed by atoms with van der Waals surface area (Å²) in [5.41, 5.74) is 1.26. The molecule has 1 aliphatic heterocycles. The molecule has 1 saturated heterocycles. The lowest BCUT2D eigenvalue weighted by Crippen LogP contribution is -2.50. The Balaban J connectivity index is 1.42. The highest BCUT2D eigenvalue weighted by atomic mass is 31.2. The van der Waals surface area contributed by atoms with Crippen LogP contribution in [0.4, 0.5) is 5.95 Å². The maximum absolute atomic E-state index is 13.9. The highest BCUT2D eigenvalue weighted by molar-refractivity contribution is 7.44. The number of anilines is 1. The van der Waals surface area contributed by atoms with E-state index >= 15 is 0 Å². The summed E-state index contributed by atoms with van der Waals surface area (Å²) in [6, 6.07) is 40.2. The van der Waals surface area contributed by atoms with Gasteiger partial charge in [0.15, 0.2) is 32.3 Å². The summed E-state index contributed by atoms with van der Waals surface area (Å²) in [6.07, 6.45) is -1.75. The molecule has 4 aromatic carbocycles. The zero-order chi connectivity index (χ0) is 53.2. The predicted molar refractivity (Wildman–Crippen MR) is 295 cm³/mol. The SMILES string of the molecule is COc1ccc(C(OC[C@H]2O[C@@H](n3cnc4c(=O)[nH]c(NC(=O)COc5ccccc5)nc43)[C@H](O[Si](CC(C)C)(CC(C)C)CC(C)C)[C@@H]2OP(OC)N(C(C)C)C(C)C)(c2ccccc2)c2ccccc2)cc1. The molecule has 17 heteroatoms. The molecule has 398 valence electrons. The Hall–Kier alpha value is -5.29. The maximum atomic E-state index is 13.9. The van der Waals surface area contributed by atoms with Crippen molar-refractivity contribution in [2.24, 2.45) is 17.8 Å². The van der Waals surface area contributed by atoms with Crippen LogP contribution in [0.3, 0.4) is 0 Å². The number of aromatic nitrogens is 4. The van der Waals surface area contributed by atoms with Crippen LogP contribution >= 0.6 is 8.53 Å². The topological polar surface area (TPSA) is 161 Å². The van der Waals surface area contributed by atoms with Gasteiger partial charge in [0.1, 0.15) is 35.4 Å². The highest BCUT2D eigenvalue weighted by Gasteiger charge is 2.55. The van der Waals surface area contributed by atoms with Crippen molar-refractivity contribution < 1.29 is 37.2 Å². The van der Waals surface area contributed by atoms with Crippen LogP contribution < -0.4 is 20.3 Å². The molecule has 2 N–H and O–H groups in total. The standard InChI is InChI=1S/C57H77N6O9PSi/c1-38(2)34-74(35-39(3)4,36-40(5)6)72-52-51(71-73(67-12)63(41(7)8)42(9)10)48(32-69-57(43-22-16-13-17-23-43,44-24-18-14-19-25-44)45-28-30-46(66-11)31-29-45)70-55(52)62-37-58-50-53(62)60-56(61-54(50)65)59-49(64)33-68-47-26-20-15-21-27-47/h13-31,37-42,48,51-52,55H,32-36H2,1-12H3,(H2,59,60,61,64,65)/t48-,51-,52-,55-,73?/m1/s1. The van der Waals surface area contributed by atoms with Crippen molar-refractivity contribution >= 4 is 39.9 Å². The van der Waals surface area contributed by atoms with E-state index in [1.807, 2.05) is 78.9 Å². The fourth-order valence-corrected chi connectivity index (χ4v) is 18.3. The van der Waals surface area contributed by atoms with E-state index in [1.165, 1.54) is 0 Å². The third-order valence-electron chi connectivity index (χ3n) is 13.0. The number of hydrogen-bond acceptors (Lipinski definition) is 12. The van der Waals surface area contributed by atoms with Gasteiger partial charge < -0.3 is 32.4 Å². The molecule has 1 amide bonds. The van der Waals surface area contributed by atoms with Crippen LogP contribution in [0.2, 0.25) is 18.1 Å². The van der Waals surface area contributed by atoms with Crippen LogP contribution in [0.25, 0.3) is 11.2 Å². The second kappa shape index (κ2) is 25.5. The van der Waals surface area contributed by atoms with Crippen LogP contribution in [0, 0.1) is 17.8 Å². The van der Waals surface area contributed by atoms with Gasteiger partial charge in [0.25, 0.3) is 20.0 Å². The zero-order valence-electron chi connectivity index (χ0n) is 45.2. The number of ether oxygens (including phenoxy) is 4. The summed E-state index contributed by atoms with van der Waals surface area (Å²) in [5.74, 6) is 1.66. The third-order valence-corrected chi connectivity index (χ3v) is 20.5. The minimum absolute atomic E-state index is 0.0174. The minimum Gasteiger partial charge on any atom is -0.497 e. The lowest BCUT2D eigenvalue weighted by molar-refractivity contribution is -0.118. The summed E-state index contributed by atoms with van der Waals surface area (Å²) in [5, 5.41) is 2.73. The van der Waals surface area contributed by atoms with E-state index in [9.17, 15) is 9.59 Å². The van der Waals surface area contributed by atoms with Gasteiger partial charge in [0, 0.05) is 19.2 Å². The van der Waals surface area contributed by atoms with Crippen molar-refractivity contribution in [1.29, 1.82) is 0 Å². The van der Waals surface area contributed by atoms with E-state index < -0.39 is 58.5 Å². The molecule has 74 heavy (non-hydrogen) atoms. The summed E-state index contributed by atoms with van der Waals surface area (Å²) in [6.45, 7) is 21.8. The Morgan fingerprint density at radius 1 is 0.757 bits per heavy atom. The number of para-hydroxylation sites is 1. The fraction of sp³-hybridized carbons (Fsp3) is 0.474. The van der Waals surface area contributed by atoms with Crippen LogP contribution in [-0.4, -0.2) is 96.2 Å². The molecule has 5 atom stereocenters. The van der Waals surface area contributed by atoms with Crippen molar-refractivity contribution in [2.75, 3.05) is 32.8 Å². The molecule has 1 fully saturated rings. The second-order valence-corrected chi connectivity index (χ2v) is 26.4. The molecule has 0 spiro atoms. The minimum atomic E-state index is -2.74. The third kappa shape index (κ3) is 13.4. The molecule has 0 saturated carbocycles. The quantitative estimate of drug-likeness (QED) is 0.0301. The molecule has 15 nitrogen and oxygen atoms in total. The first-order valence-corrected chi connectivity index (χ1v) is 29.6. The van der Waals surface area contributed by atoms with Crippen molar-refractivity contribution in [3.63, 3.8) is 0 Å².